The fourth-order valence-corrected chi connectivity index (χ4v) is 2.11. The highest BCUT2D eigenvalue weighted by atomic mass is 15.8. The van der Waals surface area contributed by atoms with E-state index >= 15 is 0 Å². The summed E-state index contributed by atoms with van der Waals surface area (Å²) in [7, 11) is 6.24. The summed E-state index contributed by atoms with van der Waals surface area (Å²) in [4.78, 5) is 0. The van der Waals surface area contributed by atoms with Gasteiger partial charge in [-0.2, -0.15) is 15.6 Å². The van der Waals surface area contributed by atoms with Crippen molar-refractivity contribution in [3.05, 3.63) is 0 Å². The van der Waals surface area contributed by atoms with Crippen molar-refractivity contribution in [2.75, 3.05) is 21.1 Å². The quantitative estimate of drug-likeness (QED) is 0.351. The van der Waals surface area contributed by atoms with Gasteiger partial charge in [0.05, 0.1) is 0 Å². The number of hydrogen-bond donors (Lipinski definition) is 2. The number of nitrogens with one attached hydrogen (secondary N) is 2. The predicted octanol–water partition coefficient (Wildman–Crippen LogP) is 2.45. The van der Waals surface area contributed by atoms with E-state index in [2.05, 4.69) is 31.7 Å². The third-order valence-electron chi connectivity index (χ3n) is 3.52. The molecule has 0 aromatic carbocycles. The van der Waals surface area contributed by atoms with E-state index in [1.54, 1.807) is 0 Å². The van der Waals surface area contributed by atoms with Crippen LogP contribution < -0.4 is 10.9 Å². The van der Waals surface area contributed by atoms with Crippen LogP contribution in [-0.2, 0) is 0 Å². The van der Waals surface area contributed by atoms with Crippen LogP contribution in [0.5, 0.6) is 0 Å². The molecule has 0 heterocycles. The standard InChI is InChI=1S/C12H30N3/c1-6-8-9-10-11-12(7-2)15(5,13-3)14-4/h12-14H,6-11H2,1-5H3/q+1. The normalized spacial score (nSPS) is 14.2. The van der Waals surface area contributed by atoms with E-state index in [1.807, 2.05) is 14.1 Å². The molecule has 1 atom stereocenters. The summed E-state index contributed by atoms with van der Waals surface area (Å²) in [5.74, 6) is 0. The molecule has 0 radical (unpaired) electrons. The highest BCUT2D eigenvalue weighted by Gasteiger charge is 2.28. The molecular weight excluding hydrogens is 186 g/mol. The van der Waals surface area contributed by atoms with E-state index in [-0.39, 0.29) is 0 Å². The summed E-state index contributed by atoms with van der Waals surface area (Å²) in [5, 5.41) is 0. The second-order valence-corrected chi connectivity index (χ2v) is 4.43. The lowest BCUT2D eigenvalue weighted by atomic mass is 10.0. The van der Waals surface area contributed by atoms with Gasteiger partial charge in [-0.3, -0.25) is 0 Å². The maximum Gasteiger partial charge on any atom is 0.124 e. The van der Waals surface area contributed by atoms with Gasteiger partial charge >= 0.3 is 0 Å². The van der Waals surface area contributed by atoms with Gasteiger partial charge in [0.25, 0.3) is 0 Å². The van der Waals surface area contributed by atoms with E-state index < -0.39 is 0 Å². The molecule has 0 fully saturated rings. The summed E-state index contributed by atoms with van der Waals surface area (Å²) in [6, 6.07) is 0.664. The summed E-state index contributed by atoms with van der Waals surface area (Å²) in [6.07, 6.45) is 7.93. The van der Waals surface area contributed by atoms with Crippen molar-refractivity contribution in [3.63, 3.8) is 0 Å². The SMILES string of the molecule is CCCCCCC(CC)[N+](C)(NC)NC. The molecule has 15 heavy (non-hydrogen) atoms. The molecule has 0 amide bonds. The molecular formula is C12H30N3+. The summed E-state index contributed by atoms with van der Waals surface area (Å²) in [5.41, 5.74) is 6.69. The van der Waals surface area contributed by atoms with Gasteiger partial charge < -0.3 is 0 Å². The van der Waals surface area contributed by atoms with Crippen LogP contribution in [-0.4, -0.2) is 31.9 Å². The molecule has 0 rings (SSSR count). The Hall–Kier alpha value is -0.120. The van der Waals surface area contributed by atoms with E-state index in [0.29, 0.717) is 6.04 Å². The molecule has 0 aromatic heterocycles. The van der Waals surface area contributed by atoms with Crippen molar-refractivity contribution in [2.45, 2.75) is 58.4 Å². The Labute approximate surface area is 95.8 Å². The first-order chi connectivity index (χ1) is 7.14. The monoisotopic (exact) mass is 216 g/mol. The number of quaternary nitrogens is 1. The van der Waals surface area contributed by atoms with Gasteiger partial charge in [0.2, 0.25) is 0 Å². The van der Waals surface area contributed by atoms with Crippen LogP contribution >= 0.6 is 0 Å². The van der Waals surface area contributed by atoms with Crippen LogP contribution in [0.4, 0.5) is 0 Å². The third kappa shape index (κ3) is 4.96. The molecule has 3 heteroatoms. The molecule has 0 aliphatic heterocycles. The lowest BCUT2D eigenvalue weighted by molar-refractivity contribution is -1.01. The summed E-state index contributed by atoms with van der Waals surface area (Å²) < 4.78 is 0.766. The summed E-state index contributed by atoms with van der Waals surface area (Å²) in [6.45, 7) is 4.54. The zero-order valence-electron chi connectivity index (χ0n) is 11.3. The maximum atomic E-state index is 3.35. The molecule has 2 N–H and O–H groups in total. The van der Waals surface area contributed by atoms with Gasteiger partial charge in [-0.15, -0.1) is 0 Å². The molecule has 0 saturated heterocycles. The van der Waals surface area contributed by atoms with Crippen LogP contribution in [0, 0.1) is 0 Å². The Morgan fingerprint density at radius 2 is 1.60 bits per heavy atom. The van der Waals surface area contributed by atoms with Crippen LogP contribution in [0.15, 0.2) is 0 Å². The van der Waals surface area contributed by atoms with E-state index in [9.17, 15) is 0 Å². The second-order valence-electron chi connectivity index (χ2n) is 4.43. The van der Waals surface area contributed by atoms with Crippen molar-refractivity contribution < 1.29 is 4.70 Å². The van der Waals surface area contributed by atoms with Crippen molar-refractivity contribution in [2.24, 2.45) is 0 Å². The molecule has 92 valence electrons. The number of hydrogen-bond acceptors (Lipinski definition) is 2. The van der Waals surface area contributed by atoms with Crippen LogP contribution in [0.3, 0.4) is 0 Å². The fourth-order valence-electron chi connectivity index (χ4n) is 2.11. The Bertz CT molecular complexity index is 144. The Kier molecular flexibility index (Phi) is 8.02. The zero-order valence-corrected chi connectivity index (χ0v) is 11.3. The van der Waals surface area contributed by atoms with Crippen LogP contribution in [0.2, 0.25) is 0 Å². The van der Waals surface area contributed by atoms with E-state index in [0.717, 1.165) is 4.70 Å². The van der Waals surface area contributed by atoms with Crippen molar-refractivity contribution in [3.8, 4) is 0 Å². The summed E-state index contributed by atoms with van der Waals surface area (Å²) >= 11 is 0. The smallest absolute Gasteiger partial charge is 0.124 e. The number of rotatable bonds is 9. The first-order valence-corrected chi connectivity index (χ1v) is 6.38. The Morgan fingerprint density at radius 3 is 2.00 bits per heavy atom. The van der Waals surface area contributed by atoms with Crippen molar-refractivity contribution in [1.29, 1.82) is 0 Å². The highest BCUT2D eigenvalue weighted by Crippen LogP contribution is 2.15. The number of unbranched alkanes of at least 4 members (excludes halogenated alkanes) is 3. The average molecular weight is 216 g/mol. The Morgan fingerprint density at radius 1 is 1.00 bits per heavy atom. The van der Waals surface area contributed by atoms with Gasteiger partial charge in [0.1, 0.15) is 13.1 Å². The first kappa shape index (κ1) is 14.9. The molecule has 1 unspecified atom stereocenters. The topological polar surface area (TPSA) is 24.1 Å². The van der Waals surface area contributed by atoms with E-state index in [1.165, 1.54) is 38.5 Å². The maximum absolute atomic E-state index is 3.35. The molecule has 0 spiro atoms. The second kappa shape index (κ2) is 8.08. The average Bonchev–Trinajstić information content (AvgIpc) is 2.28. The minimum atomic E-state index is 0.664. The minimum absolute atomic E-state index is 0.664. The minimum Gasteiger partial charge on any atom is -0.172 e. The molecule has 0 aromatic rings. The molecule has 3 nitrogen and oxygen atoms in total. The van der Waals surface area contributed by atoms with Gasteiger partial charge in [-0.1, -0.05) is 33.1 Å². The van der Waals surface area contributed by atoms with Crippen LogP contribution in [0.25, 0.3) is 0 Å². The van der Waals surface area contributed by atoms with Gasteiger partial charge in [-0.05, 0) is 6.42 Å². The molecule has 0 aliphatic rings. The van der Waals surface area contributed by atoms with Crippen molar-refractivity contribution in [1.82, 2.24) is 10.9 Å². The molecule has 0 saturated carbocycles. The lowest BCUT2D eigenvalue weighted by Crippen LogP contribution is -2.66. The number of nitrogens with zero attached hydrogens (tertiary/aromatic N) is 1. The highest BCUT2D eigenvalue weighted by molar-refractivity contribution is 4.55. The lowest BCUT2D eigenvalue weighted by Gasteiger charge is -2.38. The van der Waals surface area contributed by atoms with Gasteiger partial charge in [0, 0.05) is 26.9 Å². The van der Waals surface area contributed by atoms with Gasteiger partial charge in [-0.25, -0.2) is 0 Å². The molecule has 0 aliphatic carbocycles. The Balaban J connectivity index is 3.99. The largest absolute Gasteiger partial charge is 0.172 e. The zero-order chi connectivity index (χ0) is 11.7. The third-order valence-corrected chi connectivity index (χ3v) is 3.52. The van der Waals surface area contributed by atoms with Crippen LogP contribution in [0.1, 0.15) is 52.4 Å². The first-order valence-electron chi connectivity index (χ1n) is 6.38. The fraction of sp³-hybridized carbons (Fsp3) is 1.00. The van der Waals surface area contributed by atoms with Crippen molar-refractivity contribution >= 4 is 0 Å². The van der Waals surface area contributed by atoms with E-state index in [4.69, 9.17) is 0 Å². The van der Waals surface area contributed by atoms with Gasteiger partial charge in [0.15, 0.2) is 0 Å². The molecule has 0 bridgehead atoms. The predicted molar refractivity (Wildman–Crippen MR) is 67.1 cm³/mol.